The zero-order valence-corrected chi connectivity index (χ0v) is 19.3. The fourth-order valence-electron chi connectivity index (χ4n) is 4.29. The molecule has 31 heavy (non-hydrogen) atoms. The first-order valence-corrected chi connectivity index (χ1v) is 11.9. The van der Waals surface area contributed by atoms with Gasteiger partial charge in [0.15, 0.2) is 0 Å². The molecule has 1 amide bonds. The number of amides is 1. The van der Waals surface area contributed by atoms with Crippen molar-refractivity contribution >= 4 is 17.2 Å². The van der Waals surface area contributed by atoms with Gasteiger partial charge in [0.05, 0.1) is 34.1 Å². The normalized spacial score (nSPS) is 17.1. The minimum atomic E-state index is 0.00790. The highest BCUT2D eigenvalue weighted by molar-refractivity contribution is 7.13. The minimum Gasteiger partial charge on any atom is -0.339 e. The van der Waals surface area contributed by atoms with E-state index in [2.05, 4.69) is 37.6 Å². The van der Waals surface area contributed by atoms with Gasteiger partial charge in [-0.25, -0.2) is 9.97 Å². The van der Waals surface area contributed by atoms with Crippen molar-refractivity contribution in [3.05, 3.63) is 52.6 Å². The third-order valence-corrected chi connectivity index (χ3v) is 6.94. The standard InChI is InChI=1S/C23H30N6OS/c1-4-28(5-2)23(30)18-14-24-22(26-16(18)3)19-9-6-7-11-29(19)15-17-13-25-27-21(17)20-10-8-12-31-20/h8,10,12-14,19H,4-7,9,11,15H2,1-3H3,(H,25,27)/t19-/m0/s1. The molecule has 4 heterocycles. The summed E-state index contributed by atoms with van der Waals surface area (Å²) in [4.78, 5) is 27.7. The monoisotopic (exact) mass is 438 g/mol. The van der Waals surface area contributed by atoms with Gasteiger partial charge >= 0.3 is 0 Å². The molecule has 4 rings (SSSR count). The summed E-state index contributed by atoms with van der Waals surface area (Å²) in [5, 5.41) is 9.55. The number of aromatic nitrogens is 4. The third kappa shape index (κ3) is 4.55. The van der Waals surface area contributed by atoms with Crippen molar-refractivity contribution < 1.29 is 4.79 Å². The zero-order valence-electron chi connectivity index (χ0n) is 18.5. The number of nitrogens with zero attached hydrogens (tertiary/aromatic N) is 5. The van der Waals surface area contributed by atoms with E-state index in [1.807, 2.05) is 31.9 Å². The van der Waals surface area contributed by atoms with Gasteiger partial charge in [0, 0.05) is 31.4 Å². The van der Waals surface area contributed by atoms with Crippen molar-refractivity contribution in [2.24, 2.45) is 0 Å². The number of thiophene rings is 1. The SMILES string of the molecule is CCN(CC)C(=O)c1cnc([C@@H]2CCCCN2Cc2cn[nH]c2-c2cccs2)nc1C. The summed E-state index contributed by atoms with van der Waals surface area (Å²) in [6.45, 7) is 9.08. The lowest BCUT2D eigenvalue weighted by molar-refractivity contribution is 0.0770. The van der Waals surface area contributed by atoms with Gasteiger partial charge in [-0.3, -0.25) is 14.8 Å². The van der Waals surface area contributed by atoms with E-state index < -0.39 is 0 Å². The molecule has 1 N–H and O–H groups in total. The molecule has 0 bridgehead atoms. The van der Waals surface area contributed by atoms with Crippen molar-refractivity contribution in [2.75, 3.05) is 19.6 Å². The van der Waals surface area contributed by atoms with Crippen LogP contribution in [0.3, 0.4) is 0 Å². The van der Waals surface area contributed by atoms with Crippen LogP contribution in [0.2, 0.25) is 0 Å². The van der Waals surface area contributed by atoms with Gasteiger partial charge in [-0.2, -0.15) is 5.10 Å². The zero-order chi connectivity index (χ0) is 21.8. The van der Waals surface area contributed by atoms with Crippen LogP contribution >= 0.6 is 11.3 Å². The molecule has 0 spiro atoms. The Morgan fingerprint density at radius 3 is 2.84 bits per heavy atom. The van der Waals surface area contributed by atoms with Crippen LogP contribution in [0.1, 0.15) is 66.6 Å². The van der Waals surface area contributed by atoms with Crippen LogP contribution in [0.5, 0.6) is 0 Å². The number of likely N-dealkylation sites (tertiary alicyclic amines) is 1. The Morgan fingerprint density at radius 2 is 2.13 bits per heavy atom. The van der Waals surface area contributed by atoms with E-state index in [9.17, 15) is 4.79 Å². The average molecular weight is 439 g/mol. The molecule has 164 valence electrons. The molecule has 1 aliphatic heterocycles. The number of piperidine rings is 1. The number of hydrogen-bond acceptors (Lipinski definition) is 6. The van der Waals surface area contributed by atoms with E-state index in [1.165, 1.54) is 16.9 Å². The molecule has 0 aliphatic carbocycles. The van der Waals surface area contributed by atoms with Crippen molar-refractivity contribution in [3.8, 4) is 10.6 Å². The fourth-order valence-corrected chi connectivity index (χ4v) is 5.05. The second kappa shape index (κ2) is 9.70. The van der Waals surface area contributed by atoms with Crippen molar-refractivity contribution in [1.82, 2.24) is 30.0 Å². The lowest BCUT2D eigenvalue weighted by Gasteiger charge is -2.34. The highest BCUT2D eigenvalue weighted by Crippen LogP contribution is 2.33. The van der Waals surface area contributed by atoms with E-state index in [1.54, 1.807) is 17.5 Å². The van der Waals surface area contributed by atoms with Crippen LogP contribution < -0.4 is 0 Å². The molecule has 1 saturated heterocycles. The topological polar surface area (TPSA) is 78.0 Å². The Labute approximate surface area is 187 Å². The van der Waals surface area contributed by atoms with Gasteiger partial charge in [-0.05, 0) is 51.6 Å². The second-order valence-electron chi connectivity index (χ2n) is 7.93. The van der Waals surface area contributed by atoms with Gasteiger partial charge in [-0.15, -0.1) is 11.3 Å². The van der Waals surface area contributed by atoms with Crippen molar-refractivity contribution in [2.45, 2.75) is 52.6 Å². The lowest BCUT2D eigenvalue weighted by Crippen LogP contribution is -2.35. The second-order valence-corrected chi connectivity index (χ2v) is 8.88. The van der Waals surface area contributed by atoms with E-state index in [4.69, 9.17) is 4.98 Å². The Balaban J connectivity index is 1.56. The smallest absolute Gasteiger partial charge is 0.257 e. The van der Waals surface area contributed by atoms with Gasteiger partial charge in [-0.1, -0.05) is 12.5 Å². The summed E-state index contributed by atoms with van der Waals surface area (Å²) in [5.74, 6) is 0.822. The molecule has 7 nitrogen and oxygen atoms in total. The Kier molecular flexibility index (Phi) is 6.77. The predicted octanol–water partition coefficient (Wildman–Crippen LogP) is 4.45. The Hall–Kier alpha value is -2.58. The molecule has 1 fully saturated rings. The molecule has 0 radical (unpaired) electrons. The van der Waals surface area contributed by atoms with Crippen LogP contribution in [0.25, 0.3) is 10.6 Å². The summed E-state index contributed by atoms with van der Waals surface area (Å²) < 4.78 is 0. The van der Waals surface area contributed by atoms with Gasteiger partial charge in [0.1, 0.15) is 5.82 Å². The quantitative estimate of drug-likeness (QED) is 0.590. The Bertz CT molecular complexity index is 1010. The van der Waals surface area contributed by atoms with Crippen molar-refractivity contribution in [1.29, 1.82) is 0 Å². The molecule has 0 saturated carbocycles. The lowest BCUT2D eigenvalue weighted by atomic mass is 10.00. The van der Waals surface area contributed by atoms with Crippen LogP contribution in [-0.4, -0.2) is 55.5 Å². The highest BCUT2D eigenvalue weighted by atomic mass is 32.1. The van der Waals surface area contributed by atoms with Crippen molar-refractivity contribution in [3.63, 3.8) is 0 Å². The van der Waals surface area contributed by atoms with Crippen LogP contribution in [0.15, 0.2) is 29.9 Å². The molecule has 3 aromatic heterocycles. The van der Waals surface area contributed by atoms with E-state index >= 15 is 0 Å². The van der Waals surface area contributed by atoms with Gasteiger partial charge in [0.25, 0.3) is 5.91 Å². The number of aromatic amines is 1. The molecular formula is C23H30N6OS. The molecule has 1 atom stereocenters. The predicted molar refractivity (Wildman–Crippen MR) is 123 cm³/mol. The van der Waals surface area contributed by atoms with E-state index in [0.29, 0.717) is 18.7 Å². The highest BCUT2D eigenvalue weighted by Gasteiger charge is 2.28. The molecular weight excluding hydrogens is 408 g/mol. The van der Waals surface area contributed by atoms with E-state index in [0.717, 1.165) is 43.1 Å². The maximum Gasteiger partial charge on any atom is 0.257 e. The number of hydrogen-bond donors (Lipinski definition) is 1. The Morgan fingerprint density at radius 1 is 1.29 bits per heavy atom. The fraction of sp³-hybridized carbons (Fsp3) is 0.478. The maximum absolute atomic E-state index is 12.8. The average Bonchev–Trinajstić information content (AvgIpc) is 3.46. The third-order valence-electron chi connectivity index (χ3n) is 6.05. The number of H-pyrrole nitrogens is 1. The first-order valence-electron chi connectivity index (χ1n) is 11.0. The maximum atomic E-state index is 12.8. The number of carbonyl (C=O) groups excluding carboxylic acids is 1. The summed E-state index contributed by atoms with van der Waals surface area (Å²) in [5.41, 5.74) is 3.65. The van der Waals surface area contributed by atoms with Crippen LogP contribution in [0.4, 0.5) is 0 Å². The summed E-state index contributed by atoms with van der Waals surface area (Å²) in [6.07, 6.45) is 7.00. The summed E-state index contributed by atoms with van der Waals surface area (Å²) in [7, 11) is 0. The molecule has 0 aromatic carbocycles. The van der Waals surface area contributed by atoms with Crippen LogP contribution in [0, 0.1) is 6.92 Å². The summed E-state index contributed by atoms with van der Waals surface area (Å²) in [6, 6.07) is 4.33. The number of nitrogens with one attached hydrogen (secondary N) is 1. The summed E-state index contributed by atoms with van der Waals surface area (Å²) >= 11 is 1.72. The number of rotatable bonds is 7. The van der Waals surface area contributed by atoms with Gasteiger partial charge in [0.2, 0.25) is 0 Å². The first kappa shape index (κ1) is 21.6. The van der Waals surface area contributed by atoms with Gasteiger partial charge < -0.3 is 4.90 Å². The largest absolute Gasteiger partial charge is 0.339 e. The minimum absolute atomic E-state index is 0.00790. The van der Waals surface area contributed by atoms with E-state index in [-0.39, 0.29) is 11.9 Å². The molecule has 8 heteroatoms. The first-order chi connectivity index (χ1) is 15.1. The number of aryl methyl sites for hydroxylation is 1. The molecule has 3 aromatic rings. The van der Waals surface area contributed by atoms with Crippen LogP contribution in [-0.2, 0) is 6.54 Å². The molecule has 1 aliphatic rings. The number of carbonyl (C=O) groups is 1. The molecule has 0 unspecified atom stereocenters.